The Labute approximate surface area is 73.4 Å². The van der Waals surface area contributed by atoms with Gasteiger partial charge in [0.05, 0.1) is 6.61 Å². The predicted molar refractivity (Wildman–Crippen MR) is 40.1 cm³/mol. The van der Waals surface area contributed by atoms with Crippen LogP contribution in [-0.4, -0.2) is 17.6 Å². The molecule has 13 heavy (non-hydrogen) atoms. The highest BCUT2D eigenvalue weighted by atomic mass is 19.1. The maximum Gasteiger partial charge on any atom is 0.342 e. The molecule has 0 amide bonds. The van der Waals surface area contributed by atoms with Crippen molar-refractivity contribution < 1.29 is 18.3 Å². The van der Waals surface area contributed by atoms with Gasteiger partial charge in [0.1, 0.15) is 5.56 Å². The average molecular weight is 187 g/mol. The van der Waals surface area contributed by atoms with Gasteiger partial charge in [0.25, 0.3) is 0 Å². The molecule has 70 valence electrons. The average Bonchev–Trinajstić information content (AvgIpc) is 2.04. The summed E-state index contributed by atoms with van der Waals surface area (Å²) in [6.45, 7) is 1.72. The minimum absolute atomic E-state index is 0.135. The van der Waals surface area contributed by atoms with Crippen LogP contribution in [-0.2, 0) is 4.74 Å². The highest BCUT2D eigenvalue weighted by molar-refractivity contribution is 5.89. The number of carbonyl (C=O) groups is 1. The highest BCUT2D eigenvalue weighted by Crippen LogP contribution is 2.06. The Hall–Kier alpha value is -1.52. The first-order chi connectivity index (χ1) is 6.15. The fourth-order valence-corrected chi connectivity index (χ4v) is 0.773. The van der Waals surface area contributed by atoms with Gasteiger partial charge in [-0.3, -0.25) is 0 Å². The van der Waals surface area contributed by atoms with E-state index in [4.69, 9.17) is 0 Å². The van der Waals surface area contributed by atoms with Gasteiger partial charge in [-0.15, -0.1) is 0 Å². The van der Waals surface area contributed by atoms with E-state index in [0.717, 1.165) is 12.1 Å². The Morgan fingerprint density at radius 3 is 2.77 bits per heavy atom. The number of pyridine rings is 1. The Bertz CT molecular complexity index is 328. The van der Waals surface area contributed by atoms with Gasteiger partial charge < -0.3 is 4.74 Å². The summed E-state index contributed by atoms with van der Waals surface area (Å²) in [5.41, 5.74) is -0.358. The van der Waals surface area contributed by atoms with E-state index >= 15 is 0 Å². The molecule has 1 aromatic heterocycles. The molecule has 3 nitrogen and oxygen atoms in total. The van der Waals surface area contributed by atoms with E-state index in [1.807, 2.05) is 0 Å². The number of ether oxygens (including phenoxy) is 1. The summed E-state index contributed by atoms with van der Waals surface area (Å²) in [6.07, 6.45) is 0. The van der Waals surface area contributed by atoms with Gasteiger partial charge in [0.15, 0.2) is 0 Å². The van der Waals surface area contributed by atoms with Crippen LogP contribution < -0.4 is 0 Å². The number of hydrogen-bond donors (Lipinski definition) is 0. The summed E-state index contributed by atoms with van der Waals surface area (Å²) >= 11 is 0. The summed E-state index contributed by atoms with van der Waals surface area (Å²) < 4.78 is 29.6. The third-order valence-electron chi connectivity index (χ3n) is 1.31. The van der Waals surface area contributed by atoms with E-state index in [9.17, 15) is 13.6 Å². The second-order valence-electron chi connectivity index (χ2n) is 2.19. The molecule has 1 heterocycles. The standard InChI is InChI=1S/C8H7F2NO2/c1-2-13-8(12)5-3-4-6(9)11-7(5)10/h3-4H,2H2,1H3. The molecule has 0 N–H and O–H groups in total. The summed E-state index contributed by atoms with van der Waals surface area (Å²) in [6, 6.07) is 1.89. The van der Waals surface area contributed by atoms with Crippen LogP contribution in [0.3, 0.4) is 0 Å². The number of halogens is 2. The van der Waals surface area contributed by atoms with E-state index in [1.54, 1.807) is 6.92 Å². The number of carbonyl (C=O) groups excluding carboxylic acids is 1. The quantitative estimate of drug-likeness (QED) is 0.520. The van der Waals surface area contributed by atoms with Gasteiger partial charge in [-0.1, -0.05) is 0 Å². The summed E-state index contributed by atoms with van der Waals surface area (Å²) in [5, 5.41) is 0. The third-order valence-corrected chi connectivity index (χ3v) is 1.31. The zero-order valence-corrected chi connectivity index (χ0v) is 6.88. The van der Waals surface area contributed by atoms with Gasteiger partial charge in [0.2, 0.25) is 11.9 Å². The summed E-state index contributed by atoms with van der Waals surface area (Å²) in [5.74, 6) is -2.96. The van der Waals surface area contributed by atoms with E-state index in [1.165, 1.54) is 0 Å². The number of hydrogen-bond acceptors (Lipinski definition) is 3. The highest BCUT2D eigenvalue weighted by Gasteiger charge is 2.14. The summed E-state index contributed by atoms with van der Waals surface area (Å²) in [7, 11) is 0. The zero-order valence-electron chi connectivity index (χ0n) is 6.88. The molecule has 1 aromatic rings. The van der Waals surface area contributed by atoms with Crippen molar-refractivity contribution >= 4 is 5.97 Å². The van der Waals surface area contributed by atoms with Gasteiger partial charge in [-0.25, -0.2) is 4.79 Å². The van der Waals surface area contributed by atoms with Crippen LogP contribution in [0.5, 0.6) is 0 Å². The van der Waals surface area contributed by atoms with Crippen molar-refractivity contribution in [3.05, 3.63) is 29.6 Å². The third kappa shape index (κ3) is 2.21. The first kappa shape index (κ1) is 9.57. The van der Waals surface area contributed by atoms with Crippen LogP contribution in [0.4, 0.5) is 8.78 Å². The Morgan fingerprint density at radius 2 is 2.23 bits per heavy atom. The molecule has 0 saturated carbocycles. The molecule has 1 rings (SSSR count). The van der Waals surface area contributed by atoms with E-state index in [0.29, 0.717) is 0 Å². The topological polar surface area (TPSA) is 39.2 Å². The fraction of sp³-hybridized carbons (Fsp3) is 0.250. The van der Waals surface area contributed by atoms with E-state index in [2.05, 4.69) is 9.72 Å². The van der Waals surface area contributed by atoms with Gasteiger partial charge in [0, 0.05) is 0 Å². The lowest BCUT2D eigenvalue weighted by molar-refractivity contribution is 0.0519. The Morgan fingerprint density at radius 1 is 1.54 bits per heavy atom. The van der Waals surface area contributed by atoms with Gasteiger partial charge >= 0.3 is 5.97 Å². The SMILES string of the molecule is CCOC(=O)c1ccc(F)nc1F. The number of aromatic nitrogens is 1. The molecule has 0 aliphatic carbocycles. The molecule has 0 saturated heterocycles. The Kier molecular flexibility index (Phi) is 2.89. The van der Waals surface area contributed by atoms with Crippen LogP contribution in [0.1, 0.15) is 17.3 Å². The lowest BCUT2D eigenvalue weighted by Crippen LogP contribution is -2.08. The number of rotatable bonds is 2. The molecule has 0 bridgehead atoms. The molecule has 0 aliphatic rings. The van der Waals surface area contributed by atoms with Crippen molar-refractivity contribution in [3.63, 3.8) is 0 Å². The largest absolute Gasteiger partial charge is 0.462 e. The first-order valence-electron chi connectivity index (χ1n) is 3.64. The molecular weight excluding hydrogens is 180 g/mol. The molecule has 0 atom stereocenters. The molecule has 0 radical (unpaired) electrons. The molecule has 0 aromatic carbocycles. The minimum Gasteiger partial charge on any atom is -0.462 e. The molecule has 0 fully saturated rings. The first-order valence-corrected chi connectivity index (χ1v) is 3.64. The zero-order chi connectivity index (χ0) is 9.84. The van der Waals surface area contributed by atoms with Crippen molar-refractivity contribution in [1.82, 2.24) is 4.98 Å². The molecule has 0 unspecified atom stereocenters. The number of esters is 1. The lowest BCUT2D eigenvalue weighted by Gasteiger charge is -2.01. The predicted octanol–water partition coefficient (Wildman–Crippen LogP) is 1.54. The summed E-state index contributed by atoms with van der Waals surface area (Å²) in [4.78, 5) is 13.8. The molecule has 0 spiro atoms. The second-order valence-corrected chi connectivity index (χ2v) is 2.19. The van der Waals surface area contributed by atoms with Crippen LogP contribution in [0.15, 0.2) is 12.1 Å². The lowest BCUT2D eigenvalue weighted by atomic mass is 10.3. The van der Waals surface area contributed by atoms with Gasteiger partial charge in [-0.2, -0.15) is 13.8 Å². The van der Waals surface area contributed by atoms with Gasteiger partial charge in [-0.05, 0) is 19.1 Å². The van der Waals surface area contributed by atoms with Crippen LogP contribution >= 0.6 is 0 Å². The normalized spacial score (nSPS) is 9.77. The molecular formula is C8H7F2NO2. The van der Waals surface area contributed by atoms with Crippen molar-refractivity contribution in [2.75, 3.05) is 6.61 Å². The van der Waals surface area contributed by atoms with Crippen molar-refractivity contribution in [1.29, 1.82) is 0 Å². The maximum atomic E-state index is 12.8. The second kappa shape index (κ2) is 3.93. The van der Waals surface area contributed by atoms with Crippen LogP contribution in [0, 0.1) is 11.9 Å². The van der Waals surface area contributed by atoms with Crippen LogP contribution in [0.2, 0.25) is 0 Å². The van der Waals surface area contributed by atoms with Crippen molar-refractivity contribution in [3.8, 4) is 0 Å². The smallest absolute Gasteiger partial charge is 0.342 e. The van der Waals surface area contributed by atoms with E-state index in [-0.39, 0.29) is 12.2 Å². The maximum absolute atomic E-state index is 12.8. The molecule has 0 aliphatic heterocycles. The van der Waals surface area contributed by atoms with Crippen molar-refractivity contribution in [2.24, 2.45) is 0 Å². The minimum atomic E-state index is -1.15. The van der Waals surface area contributed by atoms with E-state index < -0.39 is 17.9 Å². The number of nitrogens with zero attached hydrogens (tertiary/aromatic N) is 1. The monoisotopic (exact) mass is 187 g/mol. The van der Waals surface area contributed by atoms with Crippen molar-refractivity contribution in [2.45, 2.75) is 6.92 Å². The molecule has 5 heteroatoms. The Balaban J connectivity index is 2.95. The fourth-order valence-electron chi connectivity index (χ4n) is 0.773. The van der Waals surface area contributed by atoms with Crippen LogP contribution in [0.25, 0.3) is 0 Å².